The fraction of sp³-hybridized carbons (Fsp3) is 0.500. The van der Waals surface area contributed by atoms with Crippen molar-refractivity contribution in [3.8, 4) is 5.69 Å². The minimum absolute atomic E-state index is 0.614. The first-order chi connectivity index (χ1) is 11.3. The number of rotatable bonds is 3. The molecule has 0 saturated carbocycles. The Bertz CT molecular complexity index is 684. The van der Waals surface area contributed by atoms with Crippen LogP contribution in [0.3, 0.4) is 0 Å². The quantitative estimate of drug-likeness (QED) is 0.886. The molecular formula is C18H23BrN4. The highest BCUT2D eigenvalue weighted by Crippen LogP contribution is 2.36. The number of likely N-dealkylation sites (tertiary alicyclic amines) is 1. The van der Waals surface area contributed by atoms with E-state index >= 15 is 0 Å². The van der Waals surface area contributed by atoms with Gasteiger partial charge in [0.2, 0.25) is 0 Å². The zero-order valence-electron chi connectivity index (χ0n) is 13.6. The summed E-state index contributed by atoms with van der Waals surface area (Å²) in [6.07, 6.45) is 3.57. The second-order valence-electron chi connectivity index (χ2n) is 6.49. The molecule has 1 saturated heterocycles. The number of piperidine rings is 1. The Morgan fingerprint density at radius 2 is 1.96 bits per heavy atom. The Morgan fingerprint density at radius 3 is 2.65 bits per heavy atom. The van der Waals surface area contributed by atoms with Crippen molar-refractivity contribution in [2.24, 2.45) is 0 Å². The minimum Gasteiger partial charge on any atom is -0.369 e. The first-order valence-corrected chi connectivity index (χ1v) is 9.39. The summed E-state index contributed by atoms with van der Waals surface area (Å²) in [5.41, 5.74) is 3.92. The van der Waals surface area contributed by atoms with Crippen molar-refractivity contribution in [3.63, 3.8) is 0 Å². The van der Waals surface area contributed by atoms with E-state index in [4.69, 9.17) is 5.10 Å². The van der Waals surface area contributed by atoms with E-state index in [0.29, 0.717) is 5.92 Å². The van der Waals surface area contributed by atoms with Crippen molar-refractivity contribution in [1.29, 1.82) is 0 Å². The van der Waals surface area contributed by atoms with E-state index in [1.54, 1.807) is 0 Å². The maximum absolute atomic E-state index is 5.03. The summed E-state index contributed by atoms with van der Waals surface area (Å²) in [6, 6.07) is 8.41. The van der Waals surface area contributed by atoms with Crippen molar-refractivity contribution in [2.75, 3.05) is 31.5 Å². The van der Waals surface area contributed by atoms with Gasteiger partial charge in [0.15, 0.2) is 0 Å². The van der Waals surface area contributed by atoms with E-state index in [-0.39, 0.29) is 0 Å². The molecule has 0 bridgehead atoms. The molecule has 5 heteroatoms. The van der Waals surface area contributed by atoms with E-state index < -0.39 is 0 Å². The van der Waals surface area contributed by atoms with E-state index in [9.17, 15) is 0 Å². The molecule has 0 radical (unpaired) electrons. The van der Waals surface area contributed by atoms with Crippen molar-refractivity contribution >= 4 is 21.7 Å². The van der Waals surface area contributed by atoms with Crippen LogP contribution in [0.4, 0.5) is 5.82 Å². The Kier molecular flexibility index (Phi) is 4.16. The second kappa shape index (κ2) is 6.29. The number of hydrogen-bond donors (Lipinski definition) is 1. The first kappa shape index (κ1) is 15.2. The number of halogens is 1. The summed E-state index contributed by atoms with van der Waals surface area (Å²) in [6.45, 7) is 6.86. The van der Waals surface area contributed by atoms with E-state index in [1.807, 2.05) is 0 Å². The maximum atomic E-state index is 5.03. The van der Waals surface area contributed by atoms with Gasteiger partial charge in [0, 0.05) is 22.5 Å². The molecule has 1 N–H and O–H groups in total. The van der Waals surface area contributed by atoms with Gasteiger partial charge < -0.3 is 10.2 Å². The standard InChI is InChI=1S/C18H23BrN4/c1-2-22-11-8-13(9-12-22)17-16-7-10-20-18(16)23(21-17)15-5-3-14(19)4-6-15/h3-6,13,20H,2,7-12H2,1H3. The molecular weight excluding hydrogens is 352 g/mol. The molecule has 122 valence electrons. The number of fused-ring (bicyclic) bond motifs is 1. The lowest BCUT2D eigenvalue weighted by Gasteiger charge is -2.30. The Balaban J connectivity index is 1.67. The number of nitrogens with one attached hydrogen (secondary N) is 1. The first-order valence-electron chi connectivity index (χ1n) is 8.60. The normalized spacial score (nSPS) is 18.9. The average molecular weight is 375 g/mol. The Labute approximate surface area is 146 Å². The fourth-order valence-corrected chi connectivity index (χ4v) is 4.09. The lowest BCUT2D eigenvalue weighted by Crippen LogP contribution is -2.33. The van der Waals surface area contributed by atoms with Gasteiger partial charge in [-0.15, -0.1) is 0 Å². The smallest absolute Gasteiger partial charge is 0.133 e. The number of hydrogen-bond acceptors (Lipinski definition) is 3. The summed E-state index contributed by atoms with van der Waals surface area (Å²) in [7, 11) is 0. The monoisotopic (exact) mass is 374 g/mol. The van der Waals surface area contributed by atoms with Crippen molar-refractivity contribution in [3.05, 3.63) is 40.0 Å². The molecule has 0 unspecified atom stereocenters. The highest BCUT2D eigenvalue weighted by molar-refractivity contribution is 9.10. The highest BCUT2D eigenvalue weighted by atomic mass is 79.9. The van der Waals surface area contributed by atoms with Gasteiger partial charge in [-0.25, -0.2) is 4.68 Å². The van der Waals surface area contributed by atoms with Gasteiger partial charge in [0.1, 0.15) is 5.82 Å². The molecule has 1 aromatic carbocycles. The Morgan fingerprint density at radius 1 is 1.22 bits per heavy atom. The second-order valence-corrected chi connectivity index (χ2v) is 7.40. The zero-order valence-corrected chi connectivity index (χ0v) is 15.1. The van der Waals surface area contributed by atoms with Crippen LogP contribution in [0.5, 0.6) is 0 Å². The van der Waals surface area contributed by atoms with Gasteiger partial charge in [-0.2, -0.15) is 5.10 Å². The molecule has 1 aromatic heterocycles. The summed E-state index contributed by atoms with van der Waals surface area (Å²) in [5.74, 6) is 1.82. The number of aromatic nitrogens is 2. The predicted molar refractivity (Wildman–Crippen MR) is 97.5 cm³/mol. The minimum atomic E-state index is 0.614. The molecule has 0 aliphatic carbocycles. The molecule has 2 aromatic rings. The number of anilines is 1. The number of benzene rings is 1. The van der Waals surface area contributed by atoms with Crippen molar-refractivity contribution < 1.29 is 0 Å². The van der Waals surface area contributed by atoms with Crippen LogP contribution in [-0.2, 0) is 6.42 Å². The molecule has 0 atom stereocenters. The molecule has 3 heterocycles. The molecule has 1 fully saturated rings. The van der Waals surface area contributed by atoms with Gasteiger partial charge in [0.25, 0.3) is 0 Å². The summed E-state index contributed by atoms with van der Waals surface area (Å²) < 4.78 is 3.21. The van der Waals surface area contributed by atoms with Crippen LogP contribution in [0.25, 0.3) is 5.69 Å². The molecule has 4 rings (SSSR count). The third-order valence-electron chi connectivity index (χ3n) is 5.17. The van der Waals surface area contributed by atoms with Gasteiger partial charge in [0.05, 0.1) is 11.4 Å². The zero-order chi connectivity index (χ0) is 15.8. The lowest BCUT2D eigenvalue weighted by molar-refractivity contribution is 0.220. The lowest BCUT2D eigenvalue weighted by atomic mass is 9.91. The predicted octanol–water partition coefficient (Wildman–Crippen LogP) is 3.80. The van der Waals surface area contributed by atoms with E-state index in [2.05, 4.69) is 62.0 Å². The van der Waals surface area contributed by atoms with Gasteiger partial charge in [-0.3, -0.25) is 0 Å². The largest absolute Gasteiger partial charge is 0.369 e. The summed E-state index contributed by atoms with van der Waals surface area (Å²) in [5, 5.41) is 8.57. The SMILES string of the molecule is CCN1CCC(c2nn(-c3ccc(Br)cc3)c3c2CCN3)CC1. The van der Waals surface area contributed by atoms with Gasteiger partial charge in [-0.1, -0.05) is 22.9 Å². The summed E-state index contributed by atoms with van der Waals surface area (Å²) in [4.78, 5) is 2.54. The van der Waals surface area contributed by atoms with Crippen LogP contribution in [0.2, 0.25) is 0 Å². The molecule has 0 amide bonds. The fourth-order valence-electron chi connectivity index (χ4n) is 3.82. The van der Waals surface area contributed by atoms with Crippen LogP contribution < -0.4 is 5.32 Å². The third kappa shape index (κ3) is 2.81. The highest BCUT2D eigenvalue weighted by Gasteiger charge is 2.29. The third-order valence-corrected chi connectivity index (χ3v) is 5.70. The molecule has 0 spiro atoms. The molecule has 4 nitrogen and oxygen atoms in total. The van der Waals surface area contributed by atoms with Crippen LogP contribution in [-0.4, -0.2) is 40.9 Å². The molecule has 2 aliphatic rings. The van der Waals surface area contributed by atoms with Crippen molar-refractivity contribution in [2.45, 2.75) is 32.1 Å². The number of nitrogens with zero attached hydrogens (tertiary/aromatic N) is 3. The van der Waals surface area contributed by atoms with Crippen LogP contribution >= 0.6 is 15.9 Å². The maximum Gasteiger partial charge on any atom is 0.133 e. The van der Waals surface area contributed by atoms with E-state index in [0.717, 1.165) is 23.1 Å². The van der Waals surface area contributed by atoms with Crippen LogP contribution in [0.1, 0.15) is 36.9 Å². The summed E-state index contributed by atoms with van der Waals surface area (Å²) >= 11 is 3.51. The molecule has 2 aliphatic heterocycles. The Hall–Kier alpha value is -1.33. The van der Waals surface area contributed by atoms with E-state index in [1.165, 1.54) is 49.6 Å². The van der Waals surface area contributed by atoms with Gasteiger partial charge in [-0.05, 0) is 63.2 Å². The van der Waals surface area contributed by atoms with Gasteiger partial charge >= 0.3 is 0 Å². The average Bonchev–Trinajstić information content (AvgIpc) is 3.18. The van der Waals surface area contributed by atoms with Crippen molar-refractivity contribution in [1.82, 2.24) is 14.7 Å². The topological polar surface area (TPSA) is 33.1 Å². The van der Waals surface area contributed by atoms with Crippen LogP contribution in [0, 0.1) is 0 Å². The van der Waals surface area contributed by atoms with Crippen LogP contribution in [0.15, 0.2) is 28.7 Å². The molecule has 23 heavy (non-hydrogen) atoms.